The number of nitrogens with zero attached hydrogens (tertiary/aromatic N) is 1. The summed E-state index contributed by atoms with van der Waals surface area (Å²) in [6.45, 7) is 1.56. The number of carboxylic acid groups (broad SMARTS) is 1. The highest BCUT2D eigenvalue weighted by molar-refractivity contribution is 6.06. The van der Waals surface area contributed by atoms with Crippen LogP contribution in [-0.4, -0.2) is 54.6 Å². The first kappa shape index (κ1) is 13.0. The molecule has 0 aliphatic carbocycles. The van der Waals surface area contributed by atoms with E-state index in [1.165, 1.54) is 11.9 Å². The summed E-state index contributed by atoms with van der Waals surface area (Å²) < 4.78 is 4.80. The van der Waals surface area contributed by atoms with Crippen LogP contribution < -0.4 is 5.32 Å². The van der Waals surface area contributed by atoms with Gasteiger partial charge in [0.1, 0.15) is 12.2 Å². The van der Waals surface area contributed by atoms with Crippen molar-refractivity contribution >= 4 is 17.8 Å². The van der Waals surface area contributed by atoms with Crippen molar-refractivity contribution < 1.29 is 24.2 Å². The lowest BCUT2D eigenvalue weighted by molar-refractivity contribution is -0.139. The average molecular weight is 242 g/mol. The number of hydrogen-bond acceptors (Lipinski definition) is 5. The molecule has 17 heavy (non-hydrogen) atoms. The number of aliphatic carboxylic acids is 1. The van der Waals surface area contributed by atoms with Crippen LogP contribution in [0.25, 0.3) is 0 Å². The number of carbonyl (C=O) groups excluding carboxylic acids is 2. The summed E-state index contributed by atoms with van der Waals surface area (Å²) in [5.41, 5.74) is 0.175. The molecule has 94 valence electrons. The summed E-state index contributed by atoms with van der Waals surface area (Å²) in [6, 6.07) is 0. The molecule has 0 aromatic carbocycles. The first-order valence-electron chi connectivity index (χ1n) is 5.08. The highest BCUT2D eigenvalue weighted by atomic mass is 16.5. The molecule has 1 heterocycles. The van der Waals surface area contributed by atoms with Gasteiger partial charge in [0.2, 0.25) is 0 Å². The molecule has 0 atom stereocenters. The van der Waals surface area contributed by atoms with Gasteiger partial charge in [-0.3, -0.25) is 9.59 Å². The number of rotatable bonds is 5. The van der Waals surface area contributed by atoms with Crippen molar-refractivity contribution in [3.05, 3.63) is 11.3 Å². The summed E-state index contributed by atoms with van der Waals surface area (Å²) in [7, 11) is 1.52. The van der Waals surface area contributed by atoms with Crippen molar-refractivity contribution in [3.63, 3.8) is 0 Å². The van der Waals surface area contributed by atoms with E-state index in [4.69, 9.17) is 9.84 Å². The minimum atomic E-state index is -1.11. The second kappa shape index (κ2) is 5.33. The molecule has 0 saturated carbocycles. The Labute approximate surface area is 98.0 Å². The Hall–Kier alpha value is -2.05. The van der Waals surface area contributed by atoms with Crippen molar-refractivity contribution in [1.82, 2.24) is 10.2 Å². The highest BCUT2D eigenvalue weighted by Gasteiger charge is 2.32. The van der Waals surface area contributed by atoms with E-state index >= 15 is 0 Å². The fraction of sp³-hybridized carbons (Fsp3) is 0.500. The molecule has 0 unspecified atom stereocenters. The molecule has 0 spiro atoms. The summed E-state index contributed by atoms with van der Waals surface area (Å²) in [4.78, 5) is 34.9. The minimum absolute atomic E-state index is 0.00773. The molecular weight excluding hydrogens is 228 g/mol. The summed E-state index contributed by atoms with van der Waals surface area (Å²) in [5.74, 6) is -2.12. The van der Waals surface area contributed by atoms with Gasteiger partial charge in [-0.15, -0.1) is 0 Å². The number of amides is 1. The van der Waals surface area contributed by atoms with Gasteiger partial charge in [-0.2, -0.15) is 0 Å². The van der Waals surface area contributed by atoms with Crippen LogP contribution in [0.1, 0.15) is 6.92 Å². The molecule has 7 heteroatoms. The maximum absolute atomic E-state index is 11.6. The Bertz CT molecular complexity index is 388. The molecule has 0 saturated heterocycles. The smallest absolute Gasteiger partial charge is 0.338 e. The monoisotopic (exact) mass is 242 g/mol. The lowest BCUT2D eigenvalue weighted by atomic mass is 10.2. The van der Waals surface area contributed by atoms with E-state index < -0.39 is 24.4 Å². The maximum Gasteiger partial charge on any atom is 0.338 e. The summed E-state index contributed by atoms with van der Waals surface area (Å²) >= 11 is 0. The van der Waals surface area contributed by atoms with Crippen LogP contribution in [0.5, 0.6) is 0 Å². The zero-order valence-corrected chi connectivity index (χ0v) is 9.65. The quantitative estimate of drug-likeness (QED) is 0.597. The third-order valence-corrected chi connectivity index (χ3v) is 2.20. The van der Waals surface area contributed by atoms with Gasteiger partial charge >= 0.3 is 11.9 Å². The molecule has 0 bridgehead atoms. The third kappa shape index (κ3) is 2.96. The largest absolute Gasteiger partial charge is 0.480 e. The predicted molar refractivity (Wildman–Crippen MR) is 56.9 cm³/mol. The van der Waals surface area contributed by atoms with Gasteiger partial charge in [-0.05, 0) is 6.92 Å². The van der Waals surface area contributed by atoms with Crippen LogP contribution in [0.2, 0.25) is 0 Å². The molecular formula is C10H14N2O5. The van der Waals surface area contributed by atoms with Crippen molar-refractivity contribution in [1.29, 1.82) is 0 Å². The highest BCUT2D eigenvalue weighted by Crippen LogP contribution is 2.16. The maximum atomic E-state index is 11.6. The Morgan fingerprint density at radius 2 is 2.18 bits per heavy atom. The number of hydrogen-bond donors (Lipinski definition) is 2. The van der Waals surface area contributed by atoms with E-state index in [-0.39, 0.29) is 24.4 Å². The van der Waals surface area contributed by atoms with Gasteiger partial charge in [0.15, 0.2) is 0 Å². The fourth-order valence-electron chi connectivity index (χ4n) is 1.44. The lowest BCUT2D eigenvalue weighted by Gasteiger charge is -2.08. The van der Waals surface area contributed by atoms with Gasteiger partial charge < -0.3 is 20.1 Å². The zero-order valence-electron chi connectivity index (χ0n) is 9.65. The minimum Gasteiger partial charge on any atom is -0.480 e. The first-order valence-corrected chi connectivity index (χ1v) is 5.08. The van der Waals surface area contributed by atoms with Crippen molar-refractivity contribution in [3.8, 4) is 0 Å². The molecule has 1 rings (SSSR count). The molecule has 7 nitrogen and oxygen atoms in total. The van der Waals surface area contributed by atoms with Crippen LogP contribution in [0.15, 0.2) is 11.3 Å². The van der Waals surface area contributed by atoms with E-state index in [1.54, 1.807) is 6.92 Å². The van der Waals surface area contributed by atoms with E-state index in [0.717, 1.165) is 0 Å². The van der Waals surface area contributed by atoms with E-state index in [2.05, 4.69) is 5.32 Å². The number of ether oxygens (including phenoxy) is 1. The second-order valence-electron chi connectivity index (χ2n) is 3.48. The Balaban J connectivity index is 2.88. The number of carboxylic acids is 1. The number of likely N-dealkylation sites (N-methyl/N-ethyl adjacent to an activating group) is 1. The van der Waals surface area contributed by atoms with Gasteiger partial charge in [0.25, 0.3) is 5.91 Å². The van der Waals surface area contributed by atoms with Crippen LogP contribution in [0.3, 0.4) is 0 Å². The number of esters is 1. The van der Waals surface area contributed by atoms with Crippen LogP contribution in [0, 0.1) is 0 Å². The van der Waals surface area contributed by atoms with Crippen LogP contribution in [0.4, 0.5) is 0 Å². The van der Waals surface area contributed by atoms with Gasteiger partial charge in [-0.1, -0.05) is 0 Å². The van der Waals surface area contributed by atoms with Crippen molar-refractivity contribution in [2.75, 3.05) is 26.7 Å². The van der Waals surface area contributed by atoms with Gasteiger partial charge in [0, 0.05) is 7.05 Å². The Kier molecular flexibility index (Phi) is 4.08. The molecule has 0 fully saturated rings. The van der Waals surface area contributed by atoms with Gasteiger partial charge in [-0.25, -0.2) is 4.79 Å². The zero-order chi connectivity index (χ0) is 13.0. The average Bonchev–Trinajstić information content (AvgIpc) is 2.53. The summed E-state index contributed by atoms with van der Waals surface area (Å²) in [5, 5.41) is 11.0. The van der Waals surface area contributed by atoms with E-state index in [0.29, 0.717) is 0 Å². The molecule has 0 aromatic rings. The summed E-state index contributed by atoms with van der Waals surface area (Å²) in [6.07, 6.45) is 0. The normalized spacial score (nSPS) is 15.2. The topological polar surface area (TPSA) is 95.9 Å². The third-order valence-electron chi connectivity index (χ3n) is 2.20. The molecule has 0 radical (unpaired) electrons. The SMILES string of the molecule is CCOC(=O)C1=C(NCC(=O)O)C(=O)N(C)C1. The molecule has 1 aliphatic rings. The number of nitrogens with one attached hydrogen (secondary N) is 1. The van der Waals surface area contributed by atoms with Crippen LogP contribution in [-0.2, 0) is 19.1 Å². The molecule has 1 amide bonds. The van der Waals surface area contributed by atoms with Crippen molar-refractivity contribution in [2.24, 2.45) is 0 Å². The molecule has 1 aliphatic heterocycles. The second-order valence-corrected chi connectivity index (χ2v) is 3.48. The molecule has 2 N–H and O–H groups in total. The van der Waals surface area contributed by atoms with Crippen LogP contribution >= 0.6 is 0 Å². The standard InChI is InChI=1S/C10H14N2O5/c1-3-17-10(16)6-5-12(2)9(15)8(6)11-4-7(13)14/h11H,3-5H2,1-2H3,(H,13,14). The Morgan fingerprint density at radius 1 is 1.53 bits per heavy atom. The fourth-order valence-corrected chi connectivity index (χ4v) is 1.44. The predicted octanol–water partition coefficient (Wildman–Crippen LogP) is -1.05. The van der Waals surface area contributed by atoms with Crippen molar-refractivity contribution in [2.45, 2.75) is 6.92 Å². The number of carbonyl (C=O) groups is 3. The Morgan fingerprint density at radius 3 is 2.71 bits per heavy atom. The molecule has 0 aromatic heterocycles. The van der Waals surface area contributed by atoms with E-state index in [9.17, 15) is 14.4 Å². The van der Waals surface area contributed by atoms with E-state index in [1.807, 2.05) is 0 Å². The lowest BCUT2D eigenvalue weighted by Crippen LogP contribution is -2.30. The first-order chi connectivity index (χ1) is 7.97. The van der Waals surface area contributed by atoms with Gasteiger partial charge in [0.05, 0.1) is 18.7 Å².